The maximum absolute atomic E-state index is 13.3. The second-order valence-electron chi connectivity index (χ2n) is 3.77. The summed E-state index contributed by atoms with van der Waals surface area (Å²) in [6.45, 7) is 3.16. The van der Waals surface area contributed by atoms with Gasteiger partial charge in [-0.25, -0.2) is 4.39 Å². The van der Waals surface area contributed by atoms with Gasteiger partial charge >= 0.3 is 0 Å². The first-order chi connectivity index (χ1) is 8.57. The van der Waals surface area contributed by atoms with Gasteiger partial charge in [-0.05, 0) is 19.1 Å². The van der Waals surface area contributed by atoms with E-state index in [1.54, 1.807) is 0 Å². The number of halogens is 3. The molecule has 0 aromatic heterocycles. The molecule has 0 bridgehead atoms. The zero-order valence-electron chi connectivity index (χ0n) is 10.0. The zero-order chi connectivity index (χ0) is 13.5. The lowest BCUT2D eigenvalue weighted by Gasteiger charge is -2.17. The van der Waals surface area contributed by atoms with E-state index < -0.39 is 5.82 Å². The van der Waals surface area contributed by atoms with Crippen molar-refractivity contribution >= 4 is 23.2 Å². The summed E-state index contributed by atoms with van der Waals surface area (Å²) in [6.07, 6.45) is 0. The summed E-state index contributed by atoms with van der Waals surface area (Å²) in [4.78, 5) is 0. The van der Waals surface area contributed by atoms with E-state index in [9.17, 15) is 4.39 Å². The molecule has 1 aromatic rings. The molecule has 2 N–H and O–H groups in total. The Morgan fingerprint density at radius 3 is 2.78 bits per heavy atom. The van der Waals surface area contributed by atoms with Gasteiger partial charge in [0.1, 0.15) is 5.82 Å². The number of ether oxygens (including phenoxy) is 1. The van der Waals surface area contributed by atoms with Gasteiger partial charge in [0.15, 0.2) is 0 Å². The van der Waals surface area contributed by atoms with Crippen LogP contribution in [0.25, 0.3) is 0 Å². The molecule has 3 nitrogen and oxygen atoms in total. The number of hydrogen-bond donors (Lipinski definition) is 2. The van der Waals surface area contributed by atoms with E-state index in [1.807, 2.05) is 6.92 Å². The summed E-state index contributed by atoms with van der Waals surface area (Å²) in [5.41, 5.74) is 0.542. The van der Waals surface area contributed by atoms with Crippen molar-refractivity contribution in [3.63, 3.8) is 0 Å². The van der Waals surface area contributed by atoms with Crippen LogP contribution < -0.4 is 5.32 Å². The second-order valence-corrected chi connectivity index (χ2v) is 4.55. The van der Waals surface area contributed by atoms with E-state index in [2.05, 4.69) is 5.32 Å². The first-order valence-corrected chi connectivity index (χ1v) is 6.39. The van der Waals surface area contributed by atoms with Crippen LogP contribution in [0.2, 0.25) is 10.0 Å². The van der Waals surface area contributed by atoms with Crippen LogP contribution in [-0.4, -0.2) is 31.5 Å². The summed E-state index contributed by atoms with van der Waals surface area (Å²) in [5.74, 6) is -0.485. The third-order valence-electron chi connectivity index (χ3n) is 2.45. The standard InChI is InChI=1S/C12H16Cl2FNO2/c1-8(16-4-6-18-7-5-17)11-9(13)2-3-10(15)12(11)14/h2-3,8,16-17H,4-7H2,1H3. The van der Waals surface area contributed by atoms with Crippen molar-refractivity contribution < 1.29 is 14.2 Å². The van der Waals surface area contributed by atoms with Crippen LogP contribution >= 0.6 is 23.2 Å². The minimum atomic E-state index is -0.485. The molecular weight excluding hydrogens is 280 g/mol. The lowest BCUT2D eigenvalue weighted by molar-refractivity contribution is 0.0928. The first kappa shape index (κ1) is 15.7. The van der Waals surface area contributed by atoms with Crippen LogP contribution in [0.5, 0.6) is 0 Å². The molecule has 1 aromatic carbocycles. The molecule has 0 spiro atoms. The molecule has 18 heavy (non-hydrogen) atoms. The molecule has 0 aliphatic heterocycles. The van der Waals surface area contributed by atoms with Gasteiger partial charge in [0.2, 0.25) is 0 Å². The van der Waals surface area contributed by atoms with Gasteiger partial charge in [0.05, 0.1) is 24.8 Å². The Morgan fingerprint density at radius 1 is 1.39 bits per heavy atom. The minimum Gasteiger partial charge on any atom is -0.394 e. The quantitative estimate of drug-likeness (QED) is 0.600. The Labute approximate surface area is 116 Å². The molecule has 1 unspecified atom stereocenters. The molecule has 6 heteroatoms. The van der Waals surface area contributed by atoms with E-state index in [0.717, 1.165) is 0 Å². The van der Waals surface area contributed by atoms with E-state index in [4.69, 9.17) is 33.0 Å². The summed E-state index contributed by atoms with van der Waals surface area (Å²) < 4.78 is 18.4. The lowest BCUT2D eigenvalue weighted by atomic mass is 10.1. The number of rotatable bonds is 7. The summed E-state index contributed by atoms with van der Waals surface area (Å²) in [7, 11) is 0. The normalized spacial score (nSPS) is 12.7. The van der Waals surface area contributed by atoms with E-state index >= 15 is 0 Å². The number of benzene rings is 1. The average Bonchev–Trinajstić information content (AvgIpc) is 2.34. The summed E-state index contributed by atoms with van der Waals surface area (Å²) in [5, 5.41) is 12.1. The summed E-state index contributed by atoms with van der Waals surface area (Å²) in [6, 6.07) is 2.54. The highest BCUT2D eigenvalue weighted by Crippen LogP contribution is 2.32. The molecule has 0 fully saturated rings. The van der Waals surface area contributed by atoms with Crippen LogP contribution in [0.3, 0.4) is 0 Å². The second kappa shape index (κ2) is 7.92. The third-order valence-corrected chi connectivity index (χ3v) is 3.16. The van der Waals surface area contributed by atoms with E-state index in [0.29, 0.717) is 30.3 Å². The highest BCUT2D eigenvalue weighted by Gasteiger charge is 2.16. The number of hydrogen-bond acceptors (Lipinski definition) is 3. The van der Waals surface area contributed by atoms with Crippen molar-refractivity contribution in [2.24, 2.45) is 0 Å². The highest BCUT2D eigenvalue weighted by molar-refractivity contribution is 6.36. The average molecular weight is 296 g/mol. The molecule has 1 rings (SSSR count). The van der Waals surface area contributed by atoms with Crippen LogP contribution in [0.15, 0.2) is 12.1 Å². The lowest BCUT2D eigenvalue weighted by Crippen LogP contribution is -2.24. The van der Waals surface area contributed by atoms with E-state index in [-0.39, 0.29) is 17.7 Å². The number of aliphatic hydroxyl groups is 1. The van der Waals surface area contributed by atoms with Gasteiger partial charge in [-0.2, -0.15) is 0 Å². The van der Waals surface area contributed by atoms with Gasteiger partial charge in [-0.15, -0.1) is 0 Å². The molecule has 0 saturated heterocycles. The van der Waals surface area contributed by atoms with Crippen molar-refractivity contribution in [2.75, 3.05) is 26.4 Å². The molecule has 0 saturated carbocycles. The molecule has 1 atom stereocenters. The fraction of sp³-hybridized carbons (Fsp3) is 0.500. The predicted octanol–water partition coefficient (Wildman–Crippen LogP) is 2.79. The largest absolute Gasteiger partial charge is 0.394 e. The molecule has 102 valence electrons. The van der Waals surface area contributed by atoms with Crippen molar-refractivity contribution in [2.45, 2.75) is 13.0 Å². The smallest absolute Gasteiger partial charge is 0.142 e. The highest BCUT2D eigenvalue weighted by atomic mass is 35.5. The zero-order valence-corrected chi connectivity index (χ0v) is 11.6. The maximum Gasteiger partial charge on any atom is 0.142 e. The molecular formula is C12H16Cl2FNO2. The maximum atomic E-state index is 13.3. The Kier molecular flexibility index (Phi) is 6.89. The van der Waals surface area contributed by atoms with Gasteiger partial charge in [0.25, 0.3) is 0 Å². The fourth-order valence-electron chi connectivity index (χ4n) is 1.56. The number of nitrogens with one attached hydrogen (secondary N) is 1. The van der Waals surface area contributed by atoms with Crippen LogP contribution in [0.4, 0.5) is 4.39 Å². The van der Waals surface area contributed by atoms with Crippen molar-refractivity contribution in [3.8, 4) is 0 Å². The predicted molar refractivity (Wildman–Crippen MR) is 70.7 cm³/mol. The Balaban J connectivity index is 2.56. The van der Waals surface area contributed by atoms with Crippen LogP contribution in [0.1, 0.15) is 18.5 Å². The molecule has 0 radical (unpaired) electrons. The molecule has 0 amide bonds. The Hall–Kier alpha value is -0.390. The van der Waals surface area contributed by atoms with Crippen molar-refractivity contribution in [1.82, 2.24) is 5.32 Å². The SMILES string of the molecule is CC(NCCOCCO)c1c(Cl)ccc(F)c1Cl. The van der Waals surface area contributed by atoms with Crippen molar-refractivity contribution in [1.29, 1.82) is 0 Å². The molecule has 0 aliphatic rings. The third kappa shape index (κ3) is 4.37. The summed E-state index contributed by atoms with van der Waals surface area (Å²) >= 11 is 11.9. The van der Waals surface area contributed by atoms with E-state index in [1.165, 1.54) is 12.1 Å². The van der Waals surface area contributed by atoms with Gasteiger partial charge in [0, 0.05) is 23.2 Å². The van der Waals surface area contributed by atoms with Crippen LogP contribution in [0, 0.1) is 5.82 Å². The molecule has 0 aliphatic carbocycles. The number of aliphatic hydroxyl groups excluding tert-OH is 1. The van der Waals surface area contributed by atoms with Crippen molar-refractivity contribution in [3.05, 3.63) is 33.6 Å². The fourth-order valence-corrected chi connectivity index (χ4v) is 2.25. The molecule has 0 heterocycles. The van der Waals surface area contributed by atoms with Gasteiger partial charge in [-0.3, -0.25) is 0 Å². The topological polar surface area (TPSA) is 41.5 Å². The van der Waals surface area contributed by atoms with Crippen LogP contribution in [-0.2, 0) is 4.74 Å². The van der Waals surface area contributed by atoms with Gasteiger partial charge < -0.3 is 15.2 Å². The minimum absolute atomic E-state index is 0.00287. The monoisotopic (exact) mass is 295 g/mol. The van der Waals surface area contributed by atoms with Gasteiger partial charge in [-0.1, -0.05) is 23.2 Å². The Bertz CT molecular complexity index is 391. The first-order valence-electron chi connectivity index (χ1n) is 5.63. The Morgan fingerprint density at radius 2 is 2.11 bits per heavy atom.